The highest BCUT2D eigenvalue weighted by molar-refractivity contribution is 7.12. The third-order valence-corrected chi connectivity index (χ3v) is 5.86. The average molecular weight is 405 g/mol. The average Bonchev–Trinajstić information content (AvgIpc) is 3.37. The van der Waals surface area contributed by atoms with Gasteiger partial charge in [0, 0.05) is 38.5 Å². The Kier molecular flexibility index (Phi) is 6.33. The van der Waals surface area contributed by atoms with Crippen molar-refractivity contribution in [3.8, 4) is 11.5 Å². The van der Waals surface area contributed by atoms with Crippen LogP contribution in [0.1, 0.15) is 20.7 Å². The molecule has 0 bridgehead atoms. The van der Waals surface area contributed by atoms with E-state index in [9.17, 15) is 9.90 Å². The lowest BCUT2D eigenvalue weighted by Gasteiger charge is -2.10. The van der Waals surface area contributed by atoms with Gasteiger partial charge in [-0.2, -0.15) is 0 Å². The number of hydrogen-bond donors (Lipinski definition) is 3. The normalized spacial score (nSPS) is 11.7. The Balaban J connectivity index is 1.57. The molecule has 0 spiro atoms. The molecule has 2 amide bonds. The molecule has 3 N–H and O–H groups in total. The van der Waals surface area contributed by atoms with E-state index in [1.165, 1.54) is 22.7 Å². The maximum Gasteiger partial charge on any atom is 0.319 e. The van der Waals surface area contributed by atoms with Crippen LogP contribution in [0.2, 0.25) is 0 Å². The van der Waals surface area contributed by atoms with Crippen LogP contribution in [0, 0.1) is 0 Å². The molecule has 1 aromatic carbocycles. The molecule has 3 rings (SSSR count). The van der Waals surface area contributed by atoms with Crippen molar-refractivity contribution in [2.24, 2.45) is 0 Å². The topological polar surface area (TPSA) is 79.8 Å². The molecule has 3 aromatic rings. The lowest BCUT2D eigenvalue weighted by atomic mass is 10.2. The van der Waals surface area contributed by atoms with Gasteiger partial charge in [-0.05, 0) is 23.6 Å². The van der Waals surface area contributed by atoms with Crippen LogP contribution in [0.25, 0.3) is 0 Å². The lowest BCUT2D eigenvalue weighted by molar-refractivity contribution is 0.228. The fourth-order valence-electron chi connectivity index (χ4n) is 2.45. The van der Waals surface area contributed by atoms with E-state index in [-0.39, 0.29) is 6.03 Å². The highest BCUT2D eigenvalue weighted by Gasteiger charge is 2.14. The number of rotatable bonds is 7. The van der Waals surface area contributed by atoms with Gasteiger partial charge in [0.2, 0.25) is 0 Å². The largest absolute Gasteiger partial charge is 0.497 e. The van der Waals surface area contributed by atoms with Crippen LogP contribution in [0.3, 0.4) is 0 Å². The number of amides is 2. The molecule has 1 atom stereocenters. The van der Waals surface area contributed by atoms with Crippen LogP contribution in [0.5, 0.6) is 11.5 Å². The zero-order chi connectivity index (χ0) is 19.2. The van der Waals surface area contributed by atoms with Crippen LogP contribution in [0.4, 0.5) is 10.5 Å². The van der Waals surface area contributed by atoms with Gasteiger partial charge in [0.1, 0.15) is 17.6 Å². The van der Waals surface area contributed by atoms with E-state index in [2.05, 4.69) is 10.6 Å². The Labute approximate surface area is 165 Å². The van der Waals surface area contributed by atoms with Gasteiger partial charge in [0.25, 0.3) is 0 Å². The van der Waals surface area contributed by atoms with Crippen molar-refractivity contribution in [3.63, 3.8) is 0 Å². The minimum absolute atomic E-state index is 0.334. The number of aliphatic hydroxyl groups excluding tert-OH is 1. The number of methoxy groups -OCH3 is 2. The fraction of sp³-hybridized carbons (Fsp3) is 0.211. The number of nitrogens with one attached hydrogen (secondary N) is 2. The summed E-state index contributed by atoms with van der Waals surface area (Å²) in [4.78, 5) is 14.9. The number of urea groups is 1. The van der Waals surface area contributed by atoms with Crippen molar-refractivity contribution in [1.29, 1.82) is 0 Å². The summed E-state index contributed by atoms with van der Waals surface area (Å²) in [6.45, 7) is 0.370. The molecule has 0 aliphatic carbocycles. The van der Waals surface area contributed by atoms with Crippen molar-refractivity contribution < 1.29 is 19.4 Å². The Morgan fingerprint density at radius 1 is 1.11 bits per heavy atom. The monoisotopic (exact) mass is 404 g/mol. The number of carbonyl (C=O) groups is 1. The van der Waals surface area contributed by atoms with Gasteiger partial charge in [0.15, 0.2) is 0 Å². The number of hydrogen-bond acceptors (Lipinski definition) is 6. The first-order valence-electron chi connectivity index (χ1n) is 8.17. The molecular weight excluding hydrogens is 384 g/mol. The van der Waals surface area contributed by atoms with Crippen LogP contribution in [-0.2, 0) is 6.54 Å². The Morgan fingerprint density at radius 2 is 1.85 bits per heavy atom. The summed E-state index contributed by atoms with van der Waals surface area (Å²) in [7, 11) is 3.11. The SMILES string of the molecule is COc1cc(NC(=O)NCc2ccc(C(O)c3cccs3)s2)cc(OC)c1. The second-order valence-electron chi connectivity index (χ2n) is 5.63. The number of anilines is 1. The minimum atomic E-state index is -0.623. The molecule has 2 aromatic heterocycles. The maximum atomic E-state index is 12.2. The first-order chi connectivity index (χ1) is 13.1. The molecule has 27 heavy (non-hydrogen) atoms. The third kappa shape index (κ3) is 5.00. The van der Waals surface area contributed by atoms with Crippen LogP contribution >= 0.6 is 22.7 Å². The van der Waals surface area contributed by atoms with E-state index in [0.29, 0.717) is 23.7 Å². The predicted molar refractivity (Wildman–Crippen MR) is 108 cm³/mol. The van der Waals surface area contributed by atoms with E-state index in [4.69, 9.17) is 9.47 Å². The van der Waals surface area contributed by atoms with Gasteiger partial charge >= 0.3 is 6.03 Å². The van der Waals surface area contributed by atoms with Gasteiger partial charge in [-0.3, -0.25) is 0 Å². The van der Waals surface area contributed by atoms with Crippen molar-refractivity contribution in [2.75, 3.05) is 19.5 Å². The van der Waals surface area contributed by atoms with Crippen LogP contribution in [-0.4, -0.2) is 25.4 Å². The van der Waals surface area contributed by atoms with Crippen LogP contribution in [0.15, 0.2) is 47.8 Å². The first-order valence-corrected chi connectivity index (χ1v) is 9.86. The molecule has 142 valence electrons. The lowest BCUT2D eigenvalue weighted by Crippen LogP contribution is -2.27. The third-order valence-electron chi connectivity index (χ3n) is 3.80. The Hall–Kier alpha value is -2.55. The maximum absolute atomic E-state index is 12.2. The molecule has 2 heterocycles. The summed E-state index contributed by atoms with van der Waals surface area (Å²) in [5.74, 6) is 1.19. The van der Waals surface area contributed by atoms with Gasteiger partial charge in [-0.25, -0.2) is 4.79 Å². The highest BCUT2D eigenvalue weighted by Crippen LogP contribution is 2.31. The van der Waals surface area contributed by atoms with E-state index < -0.39 is 6.10 Å². The molecule has 1 unspecified atom stereocenters. The number of benzene rings is 1. The Bertz CT molecular complexity index is 871. The first kappa shape index (κ1) is 19.2. The molecule has 0 fully saturated rings. The highest BCUT2D eigenvalue weighted by atomic mass is 32.1. The van der Waals surface area contributed by atoms with Crippen LogP contribution < -0.4 is 20.1 Å². The van der Waals surface area contributed by atoms with Gasteiger partial charge in [-0.1, -0.05) is 6.07 Å². The van der Waals surface area contributed by atoms with Crippen molar-refractivity contribution in [2.45, 2.75) is 12.6 Å². The Morgan fingerprint density at radius 3 is 2.48 bits per heavy atom. The van der Waals surface area contributed by atoms with Crippen molar-refractivity contribution >= 4 is 34.4 Å². The zero-order valence-corrected chi connectivity index (χ0v) is 16.5. The molecule has 0 saturated carbocycles. The smallest absolute Gasteiger partial charge is 0.319 e. The summed E-state index contributed by atoms with van der Waals surface area (Å²) in [6, 6.07) is 12.4. The summed E-state index contributed by atoms with van der Waals surface area (Å²) >= 11 is 2.99. The predicted octanol–water partition coefficient (Wildman–Crippen LogP) is 4.23. The van der Waals surface area contributed by atoms with Gasteiger partial charge in [0.05, 0.1) is 20.8 Å². The molecule has 0 radical (unpaired) electrons. The summed E-state index contributed by atoms with van der Waals surface area (Å²) in [6.07, 6.45) is -0.623. The van der Waals surface area contributed by atoms with Crippen molar-refractivity contribution in [1.82, 2.24) is 5.32 Å². The molecule has 0 aliphatic heterocycles. The van der Waals surface area contributed by atoms with E-state index in [0.717, 1.165) is 14.6 Å². The molecule has 6 nitrogen and oxygen atoms in total. The standard InChI is InChI=1S/C19H20N2O4S2/c1-24-13-8-12(9-14(10-13)25-2)21-19(23)20-11-15-5-6-17(27-15)18(22)16-4-3-7-26-16/h3-10,18,22H,11H2,1-2H3,(H2,20,21,23). The molecule has 0 saturated heterocycles. The number of carbonyl (C=O) groups excluding carboxylic acids is 1. The van der Waals surface area contributed by atoms with E-state index in [1.807, 2.05) is 29.6 Å². The fourth-order valence-corrected chi connectivity index (χ4v) is 4.21. The second kappa shape index (κ2) is 8.90. The van der Waals surface area contributed by atoms with Crippen molar-refractivity contribution in [3.05, 3.63) is 62.5 Å². The second-order valence-corrected chi connectivity index (χ2v) is 7.81. The zero-order valence-electron chi connectivity index (χ0n) is 14.9. The number of ether oxygens (including phenoxy) is 2. The van der Waals surface area contributed by atoms with E-state index in [1.54, 1.807) is 32.4 Å². The minimum Gasteiger partial charge on any atom is -0.497 e. The molecular formula is C19H20N2O4S2. The van der Waals surface area contributed by atoms with Gasteiger partial charge in [-0.15, -0.1) is 22.7 Å². The molecule has 0 aliphatic rings. The van der Waals surface area contributed by atoms with Gasteiger partial charge < -0.3 is 25.2 Å². The molecule has 8 heteroatoms. The summed E-state index contributed by atoms with van der Waals surface area (Å²) in [5, 5.41) is 17.9. The number of thiophene rings is 2. The summed E-state index contributed by atoms with van der Waals surface area (Å²) < 4.78 is 10.4. The number of aliphatic hydroxyl groups is 1. The summed E-state index contributed by atoms with van der Waals surface area (Å²) in [5.41, 5.74) is 0.573. The van der Waals surface area contributed by atoms with E-state index >= 15 is 0 Å². The quantitative estimate of drug-likeness (QED) is 0.551.